The molecule has 0 unspecified atom stereocenters. The Labute approximate surface area is 105 Å². The van der Waals surface area contributed by atoms with Gasteiger partial charge in [0.15, 0.2) is 5.78 Å². The monoisotopic (exact) mass is 238 g/mol. The number of rotatable bonds is 1. The summed E-state index contributed by atoms with van der Waals surface area (Å²) in [5.41, 5.74) is 17.1. The number of ketones is 1. The summed E-state index contributed by atoms with van der Waals surface area (Å²) in [7, 11) is 0. The zero-order valence-corrected chi connectivity index (χ0v) is 9.94. The first-order chi connectivity index (χ1) is 8.65. The summed E-state index contributed by atoms with van der Waals surface area (Å²) in [6.07, 6.45) is 1.44. The molecule has 90 valence electrons. The van der Waals surface area contributed by atoms with Gasteiger partial charge in [-0.05, 0) is 35.7 Å². The number of fused-ring (bicyclic) bond motifs is 1. The van der Waals surface area contributed by atoms with Gasteiger partial charge in [0, 0.05) is 28.9 Å². The summed E-state index contributed by atoms with van der Waals surface area (Å²) < 4.78 is 0. The minimum absolute atomic E-state index is 0.233. The van der Waals surface area contributed by atoms with Crippen molar-refractivity contribution < 1.29 is 4.79 Å². The number of hydrogen-bond acceptors (Lipinski definition) is 3. The fraction of sp³-hybridized carbons (Fsp3) is 0.133. The van der Waals surface area contributed by atoms with Crippen LogP contribution in [0.4, 0.5) is 11.4 Å². The molecule has 0 spiro atoms. The summed E-state index contributed by atoms with van der Waals surface area (Å²) >= 11 is 0. The Morgan fingerprint density at radius 3 is 2.56 bits per heavy atom. The van der Waals surface area contributed by atoms with Crippen LogP contribution < -0.4 is 11.5 Å². The van der Waals surface area contributed by atoms with Crippen LogP contribution in [0.1, 0.15) is 22.3 Å². The lowest BCUT2D eigenvalue weighted by Crippen LogP contribution is -1.95. The third-order valence-electron chi connectivity index (χ3n) is 3.42. The lowest BCUT2D eigenvalue weighted by molar-refractivity contribution is 0.0994. The molecule has 2 aromatic rings. The van der Waals surface area contributed by atoms with Gasteiger partial charge in [0.05, 0.1) is 0 Å². The average molecular weight is 238 g/mol. The third kappa shape index (κ3) is 1.64. The average Bonchev–Trinajstić information content (AvgIpc) is 2.74. The van der Waals surface area contributed by atoms with Crippen LogP contribution in [0.5, 0.6) is 0 Å². The van der Waals surface area contributed by atoms with E-state index < -0.39 is 0 Å². The fourth-order valence-electron chi connectivity index (χ4n) is 2.45. The minimum Gasteiger partial charge on any atom is -0.399 e. The quantitative estimate of drug-likeness (QED) is 0.750. The number of carbonyl (C=O) groups excluding carboxylic acids is 1. The highest BCUT2D eigenvalue weighted by Gasteiger charge is 2.19. The molecular formula is C15H14N2O. The van der Waals surface area contributed by atoms with E-state index in [9.17, 15) is 4.79 Å². The summed E-state index contributed by atoms with van der Waals surface area (Å²) in [5, 5.41) is 0. The molecule has 3 rings (SSSR count). The van der Waals surface area contributed by atoms with Crippen molar-refractivity contribution in [3.8, 4) is 11.1 Å². The zero-order chi connectivity index (χ0) is 12.7. The van der Waals surface area contributed by atoms with E-state index in [0.717, 1.165) is 28.7 Å². The van der Waals surface area contributed by atoms with Crippen LogP contribution in [0.15, 0.2) is 36.4 Å². The van der Waals surface area contributed by atoms with Crippen LogP contribution in [0.25, 0.3) is 11.1 Å². The standard InChI is InChI=1S/C15H14N2O/c16-11-3-5-14(17)13(8-11)10-1-4-12-9(7-10)2-6-15(12)18/h1,3-5,7-8H,2,6,16-17H2. The van der Waals surface area contributed by atoms with Gasteiger partial charge < -0.3 is 11.5 Å². The maximum absolute atomic E-state index is 11.6. The van der Waals surface area contributed by atoms with Crippen molar-refractivity contribution in [3.05, 3.63) is 47.5 Å². The Bertz CT molecular complexity index is 647. The van der Waals surface area contributed by atoms with Crippen molar-refractivity contribution >= 4 is 17.2 Å². The molecule has 0 saturated heterocycles. The number of anilines is 2. The smallest absolute Gasteiger partial charge is 0.163 e. The van der Waals surface area contributed by atoms with E-state index in [-0.39, 0.29) is 5.78 Å². The Hall–Kier alpha value is -2.29. The molecule has 0 amide bonds. The van der Waals surface area contributed by atoms with Crippen LogP contribution in [-0.2, 0) is 6.42 Å². The highest BCUT2D eigenvalue weighted by Crippen LogP contribution is 2.32. The summed E-state index contributed by atoms with van der Waals surface area (Å²) in [6, 6.07) is 11.3. The Morgan fingerprint density at radius 2 is 1.72 bits per heavy atom. The van der Waals surface area contributed by atoms with E-state index in [0.29, 0.717) is 17.8 Å². The van der Waals surface area contributed by atoms with Gasteiger partial charge in [0.1, 0.15) is 0 Å². The molecule has 3 nitrogen and oxygen atoms in total. The largest absolute Gasteiger partial charge is 0.399 e. The highest BCUT2D eigenvalue weighted by molar-refractivity contribution is 6.01. The Kier molecular flexibility index (Phi) is 2.33. The van der Waals surface area contributed by atoms with Crippen LogP contribution in [0.2, 0.25) is 0 Å². The molecule has 3 heteroatoms. The van der Waals surface area contributed by atoms with Crippen molar-refractivity contribution in [1.82, 2.24) is 0 Å². The second-order valence-corrected chi connectivity index (χ2v) is 4.64. The lowest BCUT2D eigenvalue weighted by atomic mass is 9.99. The lowest BCUT2D eigenvalue weighted by Gasteiger charge is -2.08. The van der Waals surface area contributed by atoms with Crippen molar-refractivity contribution in [1.29, 1.82) is 0 Å². The van der Waals surface area contributed by atoms with Crippen molar-refractivity contribution in [2.75, 3.05) is 11.5 Å². The molecule has 0 atom stereocenters. The molecule has 4 N–H and O–H groups in total. The molecule has 0 fully saturated rings. The van der Waals surface area contributed by atoms with Crippen LogP contribution in [0, 0.1) is 0 Å². The maximum atomic E-state index is 11.6. The van der Waals surface area contributed by atoms with Crippen molar-refractivity contribution in [2.45, 2.75) is 12.8 Å². The second-order valence-electron chi connectivity index (χ2n) is 4.64. The maximum Gasteiger partial charge on any atom is 0.163 e. The summed E-state index contributed by atoms with van der Waals surface area (Å²) in [6.45, 7) is 0. The molecule has 18 heavy (non-hydrogen) atoms. The highest BCUT2D eigenvalue weighted by atomic mass is 16.1. The predicted molar refractivity (Wildman–Crippen MR) is 73.4 cm³/mol. The number of hydrogen-bond donors (Lipinski definition) is 2. The van der Waals surface area contributed by atoms with Gasteiger partial charge >= 0.3 is 0 Å². The van der Waals surface area contributed by atoms with E-state index in [1.165, 1.54) is 0 Å². The SMILES string of the molecule is Nc1ccc(N)c(-c2ccc3c(c2)CCC3=O)c1. The van der Waals surface area contributed by atoms with Crippen LogP contribution in [-0.4, -0.2) is 5.78 Å². The Balaban J connectivity index is 2.13. The molecule has 0 saturated carbocycles. The summed E-state index contributed by atoms with van der Waals surface area (Å²) in [5.74, 6) is 0.233. The number of nitrogen functional groups attached to an aromatic ring is 2. The zero-order valence-electron chi connectivity index (χ0n) is 9.94. The first kappa shape index (κ1) is 10.8. The number of benzene rings is 2. The van der Waals surface area contributed by atoms with Gasteiger partial charge in [0.25, 0.3) is 0 Å². The predicted octanol–water partition coefficient (Wildman–Crippen LogP) is 2.65. The van der Waals surface area contributed by atoms with E-state index in [4.69, 9.17) is 11.5 Å². The minimum atomic E-state index is 0.233. The van der Waals surface area contributed by atoms with E-state index in [1.807, 2.05) is 30.3 Å². The van der Waals surface area contributed by atoms with Crippen molar-refractivity contribution in [3.63, 3.8) is 0 Å². The number of Topliss-reactive ketones (excluding diaryl/α,β-unsaturated/α-hetero) is 1. The molecule has 1 aliphatic rings. The molecule has 2 aromatic carbocycles. The molecule has 0 bridgehead atoms. The number of aryl methyl sites for hydroxylation is 1. The van der Waals surface area contributed by atoms with Crippen molar-refractivity contribution in [2.24, 2.45) is 0 Å². The first-order valence-corrected chi connectivity index (χ1v) is 5.96. The molecule has 0 aromatic heterocycles. The van der Waals surface area contributed by atoms with Crippen LogP contribution in [0.3, 0.4) is 0 Å². The number of nitrogens with two attached hydrogens (primary N) is 2. The van der Waals surface area contributed by atoms with Gasteiger partial charge in [-0.15, -0.1) is 0 Å². The molecule has 0 heterocycles. The van der Waals surface area contributed by atoms with Gasteiger partial charge in [-0.1, -0.05) is 18.2 Å². The van der Waals surface area contributed by atoms with Gasteiger partial charge in [-0.3, -0.25) is 4.79 Å². The van der Waals surface area contributed by atoms with E-state index in [2.05, 4.69) is 0 Å². The van der Waals surface area contributed by atoms with Gasteiger partial charge in [0.2, 0.25) is 0 Å². The molecule has 0 radical (unpaired) electrons. The summed E-state index contributed by atoms with van der Waals surface area (Å²) in [4.78, 5) is 11.6. The molecule has 0 aliphatic heterocycles. The normalized spacial score (nSPS) is 13.7. The molecule has 1 aliphatic carbocycles. The third-order valence-corrected chi connectivity index (χ3v) is 3.42. The fourth-order valence-corrected chi connectivity index (χ4v) is 2.45. The van der Waals surface area contributed by atoms with Gasteiger partial charge in [-0.2, -0.15) is 0 Å². The topological polar surface area (TPSA) is 69.1 Å². The van der Waals surface area contributed by atoms with E-state index >= 15 is 0 Å². The number of carbonyl (C=O) groups is 1. The Morgan fingerprint density at radius 1 is 0.889 bits per heavy atom. The molecular weight excluding hydrogens is 224 g/mol. The van der Waals surface area contributed by atoms with Crippen LogP contribution >= 0.6 is 0 Å². The van der Waals surface area contributed by atoms with E-state index in [1.54, 1.807) is 6.07 Å². The second kappa shape index (κ2) is 3.88. The first-order valence-electron chi connectivity index (χ1n) is 5.96. The van der Waals surface area contributed by atoms with Gasteiger partial charge in [-0.25, -0.2) is 0 Å².